The maximum atomic E-state index is 12.9. The monoisotopic (exact) mass is 329 g/mol. The average molecular weight is 329 g/mol. The number of halogens is 1. The Hall–Kier alpha value is -2.63. The highest BCUT2D eigenvalue weighted by Gasteiger charge is 2.23. The summed E-state index contributed by atoms with van der Waals surface area (Å²) in [4.78, 5) is 31.3. The minimum atomic E-state index is -0.306. The van der Waals surface area contributed by atoms with Gasteiger partial charge in [0.15, 0.2) is 0 Å². The van der Waals surface area contributed by atoms with E-state index in [0.29, 0.717) is 31.7 Å². The second-order valence-electron chi connectivity index (χ2n) is 5.93. The molecule has 2 heterocycles. The average Bonchev–Trinajstić information content (AvgIpc) is 3.00. The van der Waals surface area contributed by atoms with Crippen LogP contribution in [-0.2, 0) is 11.2 Å². The highest BCUT2D eigenvalue weighted by atomic mass is 19.1. The lowest BCUT2D eigenvalue weighted by Gasteiger charge is -2.22. The van der Waals surface area contributed by atoms with E-state index in [4.69, 9.17) is 0 Å². The molecule has 6 heteroatoms. The van der Waals surface area contributed by atoms with Crippen molar-refractivity contribution in [3.63, 3.8) is 0 Å². The Balaban J connectivity index is 1.57. The molecule has 0 saturated carbocycles. The van der Waals surface area contributed by atoms with Crippen LogP contribution in [0.4, 0.5) is 4.39 Å². The summed E-state index contributed by atoms with van der Waals surface area (Å²) < 4.78 is 12.9. The molecule has 2 amide bonds. The molecule has 1 saturated heterocycles. The lowest BCUT2D eigenvalue weighted by atomic mass is 10.1. The maximum absolute atomic E-state index is 12.9. The second kappa shape index (κ2) is 7.29. The number of carbonyl (C=O) groups is 2. The summed E-state index contributed by atoms with van der Waals surface area (Å²) >= 11 is 0. The first kappa shape index (κ1) is 16.2. The van der Waals surface area contributed by atoms with E-state index in [0.717, 1.165) is 12.0 Å². The lowest BCUT2D eigenvalue weighted by Crippen LogP contribution is -2.37. The van der Waals surface area contributed by atoms with Crippen LogP contribution >= 0.6 is 0 Å². The number of H-pyrrole nitrogens is 1. The zero-order valence-electron chi connectivity index (χ0n) is 13.4. The molecular formula is C18H20FN3O2. The van der Waals surface area contributed by atoms with Gasteiger partial charge in [-0.25, -0.2) is 4.39 Å². The van der Waals surface area contributed by atoms with Crippen LogP contribution in [0.3, 0.4) is 0 Å². The van der Waals surface area contributed by atoms with E-state index in [2.05, 4.69) is 4.98 Å². The molecule has 0 spiro atoms. The van der Waals surface area contributed by atoms with Gasteiger partial charge < -0.3 is 14.8 Å². The van der Waals surface area contributed by atoms with Crippen LogP contribution in [0.5, 0.6) is 0 Å². The first-order chi connectivity index (χ1) is 11.6. The van der Waals surface area contributed by atoms with Gasteiger partial charge in [-0.3, -0.25) is 9.59 Å². The minimum Gasteiger partial charge on any atom is -0.367 e. The van der Waals surface area contributed by atoms with Crippen molar-refractivity contribution in [3.05, 3.63) is 59.7 Å². The normalized spacial score (nSPS) is 15.2. The SMILES string of the molecule is O=C(Cc1ccc(F)cc1)N1CCCN(C(=O)c2cc[nH]c2)CC1. The predicted molar refractivity (Wildman–Crippen MR) is 88.0 cm³/mol. The summed E-state index contributed by atoms with van der Waals surface area (Å²) in [7, 11) is 0. The fourth-order valence-electron chi connectivity index (χ4n) is 2.90. The molecule has 24 heavy (non-hydrogen) atoms. The van der Waals surface area contributed by atoms with E-state index in [1.54, 1.807) is 40.4 Å². The Morgan fingerprint density at radius 1 is 1.00 bits per heavy atom. The van der Waals surface area contributed by atoms with Gasteiger partial charge in [0.25, 0.3) is 5.91 Å². The molecule has 0 bridgehead atoms. The number of hydrogen-bond donors (Lipinski definition) is 1. The molecule has 1 aliphatic heterocycles. The third-order valence-electron chi connectivity index (χ3n) is 4.25. The molecule has 1 aromatic heterocycles. The zero-order valence-corrected chi connectivity index (χ0v) is 13.4. The Morgan fingerprint density at radius 2 is 1.71 bits per heavy atom. The number of amides is 2. The van der Waals surface area contributed by atoms with Crippen molar-refractivity contribution in [2.75, 3.05) is 26.2 Å². The van der Waals surface area contributed by atoms with E-state index in [1.165, 1.54) is 12.1 Å². The molecule has 0 atom stereocenters. The highest BCUT2D eigenvalue weighted by molar-refractivity contribution is 5.94. The summed E-state index contributed by atoms with van der Waals surface area (Å²) in [5.74, 6) is -0.304. The number of rotatable bonds is 3. The van der Waals surface area contributed by atoms with Crippen LogP contribution in [-0.4, -0.2) is 52.8 Å². The van der Waals surface area contributed by atoms with Gasteiger partial charge in [0.2, 0.25) is 5.91 Å². The van der Waals surface area contributed by atoms with Crippen LogP contribution < -0.4 is 0 Å². The fourth-order valence-corrected chi connectivity index (χ4v) is 2.90. The van der Waals surface area contributed by atoms with Gasteiger partial charge in [-0.15, -0.1) is 0 Å². The van der Waals surface area contributed by atoms with Gasteiger partial charge in [0, 0.05) is 38.6 Å². The Bertz CT molecular complexity index is 698. The van der Waals surface area contributed by atoms with Crippen molar-refractivity contribution in [3.8, 4) is 0 Å². The van der Waals surface area contributed by atoms with Gasteiger partial charge in [-0.05, 0) is 30.2 Å². The summed E-state index contributed by atoms with van der Waals surface area (Å²) in [6, 6.07) is 7.74. The molecule has 0 unspecified atom stereocenters. The Morgan fingerprint density at radius 3 is 2.42 bits per heavy atom. The van der Waals surface area contributed by atoms with Gasteiger partial charge >= 0.3 is 0 Å². The van der Waals surface area contributed by atoms with Crippen LogP contribution in [0, 0.1) is 5.82 Å². The molecule has 1 aliphatic rings. The number of aromatic nitrogens is 1. The number of nitrogens with zero attached hydrogens (tertiary/aromatic N) is 2. The number of aromatic amines is 1. The van der Waals surface area contributed by atoms with Gasteiger partial charge in [-0.1, -0.05) is 12.1 Å². The molecule has 0 radical (unpaired) electrons. The van der Waals surface area contributed by atoms with Crippen molar-refractivity contribution in [1.29, 1.82) is 0 Å². The topological polar surface area (TPSA) is 56.4 Å². The van der Waals surface area contributed by atoms with Crippen LogP contribution in [0.25, 0.3) is 0 Å². The van der Waals surface area contributed by atoms with Crippen molar-refractivity contribution in [2.45, 2.75) is 12.8 Å². The molecule has 2 aromatic rings. The Labute approximate surface area is 140 Å². The molecule has 1 fully saturated rings. The lowest BCUT2D eigenvalue weighted by molar-refractivity contribution is -0.130. The molecule has 1 N–H and O–H groups in total. The van der Waals surface area contributed by atoms with E-state index >= 15 is 0 Å². The molecule has 1 aromatic carbocycles. The molecule has 126 valence electrons. The summed E-state index contributed by atoms with van der Waals surface area (Å²) in [5.41, 5.74) is 1.44. The second-order valence-corrected chi connectivity index (χ2v) is 5.93. The summed E-state index contributed by atoms with van der Waals surface area (Å²) in [5, 5.41) is 0. The van der Waals surface area contributed by atoms with Crippen molar-refractivity contribution < 1.29 is 14.0 Å². The van der Waals surface area contributed by atoms with Gasteiger partial charge in [0.05, 0.1) is 12.0 Å². The smallest absolute Gasteiger partial charge is 0.255 e. The van der Waals surface area contributed by atoms with E-state index in [9.17, 15) is 14.0 Å². The number of hydrogen-bond acceptors (Lipinski definition) is 2. The standard InChI is InChI=1S/C18H20FN3O2/c19-16-4-2-14(3-5-16)12-17(23)21-8-1-9-22(11-10-21)18(24)15-6-7-20-13-15/h2-7,13,20H,1,8-12H2. The molecule has 0 aliphatic carbocycles. The van der Waals surface area contributed by atoms with Crippen LogP contribution in [0.15, 0.2) is 42.7 Å². The van der Waals surface area contributed by atoms with E-state index < -0.39 is 0 Å². The van der Waals surface area contributed by atoms with Gasteiger partial charge in [0.1, 0.15) is 5.82 Å². The number of carbonyl (C=O) groups excluding carboxylic acids is 2. The maximum Gasteiger partial charge on any atom is 0.255 e. The molecular weight excluding hydrogens is 309 g/mol. The quantitative estimate of drug-likeness (QED) is 0.937. The fraction of sp³-hybridized carbons (Fsp3) is 0.333. The van der Waals surface area contributed by atoms with E-state index in [-0.39, 0.29) is 24.1 Å². The third-order valence-corrected chi connectivity index (χ3v) is 4.25. The van der Waals surface area contributed by atoms with Crippen LogP contribution in [0.2, 0.25) is 0 Å². The van der Waals surface area contributed by atoms with Gasteiger partial charge in [-0.2, -0.15) is 0 Å². The summed E-state index contributed by atoms with van der Waals surface area (Å²) in [6.45, 7) is 2.33. The first-order valence-corrected chi connectivity index (χ1v) is 8.08. The molecule has 3 rings (SSSR count). The first-order valence-electron chi connectivity index (χ1n) is 8.08. The zero-order chi connectivity index (χ0) is 16.9. The van der Waals surface area contributed by atoms with E-state index in [1.807, 2.05) is 0 Å². The third kappa shape index (κ3) is 3.82. The minimum absolute atomic E-state index is 0.0101. The van der Waals surface area contributed by atoms with Crippen molar-refractivity contribution >= 4 is 11.8 Å². The largest absolute Gasteiger partial charge is 0.367 e. The number of benzene rings is 1. The van der Waals surface area contributed by atoms with Crippen LogP contribution in [0.1, 0.15) is 22.3 Å². The highest BCUT2D eigenvalue weighted by Crippen LogP contribution is 2.11. The Kier molecular flexibility index (Phi) is 4.93. The predicted octanol–water partition coefficient (Wildman–Crippen LogP) is 2.07. The van der Waals surface area contributed by atoms with Crippen molar-refractivity contribution in [1.82, 2.24) is 14.8 Å². The number of nitrogens with one attached hydrogen (secondary N) is 1. The van der Waals surface area contributed by atoms with Crippen molar-refractivity contribution in [2.24, 2.45) is 0 Å². The molecule has 5 nitrogen and oxygen atoms in total. The summed E-state index contributed by atoms with van der Waals surface area (Å²) in [6.07, 6.45) is 4.42.